The first-order chi connectivity index (χ1) is 7.97. The SMILES string of the molecule is CC(=O)NC12CC3CC(CC(O)(C3)C1C#N)C2. The van der Waals surface area contributed by atoms with E-state index in [0.717, 1.165) is 32.1 Å². The lowest BCUT2D eigenvalue weighted by Gasteiger charge is -2.62. The van der Waals surface area contributed by atoms with Crippen LogP contribution in [0.3, 0.4) is 0 Å². The molecule has 3 atom stereocenters. The van der Waals surface area contributed by atoms with Gasteiger partial charge in [-0.1, -0.05) is 0 Å². The summed E-state index contributed by atoms with van der Waals surface area (Å²) >= 11 is 0. The number of hydrogen-bond acceptors (Lipinski definition) is 3. The van der Waals surface area contributed by atoms with Gasteiger partial charge < -0.3 is 10.4 Å². The minimum absolute atomic E-state index is 0.0872. The molecule has 1 amide bonds. The lowest BCUT2D eigenvalue weighted by Crippen LogP contribution is -2.71. The van der Waals surface area contributed by atoms with Gasteiger partial charge in [-0.15, -0.1) is 0 Å². The largest absolute Gasteiger partial charge is 0.388 e. The van der Waals surface area contributed by atoms with Gasteiger partial charge >= 0.3 is 0 Å². The van der Waals surface area contributed by atoms with Gasteiger partial charge in [0.25, 0.3) is 0 Å². The molecule has 3 unspecified atom stereocenters. The summed E-state index contributed by atoms with van der Waals surface area (Å²) in [6.07, 6.45) is 4.36. The van der Waals surface area contributed by atoms with Crippen LogP contribution in [0.1, 0.15) is 39.0 Å². The van der Waals surface area contributed by atoms with E-state index in [9.17, 15) is 15.2 Å². The molecule has 4 nitrogen and oxygen atoms in total. The van der Waals surface area contributed by atoms with Crippen LogP contribution in [0.4, 0.5) is 0 Å². The average Bonchev–Trinajstić information content (AvgIpc) is 2.11. The van der Waals surface area contributed by atoms with Crippen molar-refractivity contribution in [2.45, 2.75) is 50.2 Å². The summed E-state index contributed by atoms with van der Waals surface area (Å²) in [5.74, 6) is 0.426. The van der Waals surface area contributed by atoms with Crippen molar-refractivity contribution in [1.29, 1.82) is 5.26 Å². The van der Waals surface area contributed by atoms with Crippen molar-refractivity contribution in [1.82, 2.24) is 5.32 Å². The summed E-state index contributed by atoms with van der Waals surface area (Å²) in [7, 11) is 0. The Morgan fingerprint density at radius 3 is 2.41 bits per heavy atom. The number of amides is 1. The molecule has 4 aliphatic rings. The van der Waals surface area contributed by atoms with Crippen molar-refractivity contribution < 1.29 is 9.90 Å². The number of hydrogen-bond donors (Lipinski definition) is 2. The summed E-state index contributed by atoms with van der Waals surface area (Å²) in [5.41, 5.74) is -1.32. The number of nitrogens with one attached hydrogen (secondary N) is 1. The zero-order valence-corrected chi connectivity index (χ0v) is 10.1. The smallest absolute Gasteiger partial charge is 0.217 e. The average molecular weight is 234 g/mol. The minimum Gasteiger partial charge on any atom is -0.388 e. The van der Waals surface area contributed by atoms with Crippen molar-refractivity contribution in [3.63, 3.8) is 0 Å². The van der Waals surface area contributed by atoms with Crippen molar-refractivity contribution in [2.24, 2.45) is 17.8 Å². The maximum Gasteiger partial charge on any atom is 0.217 e. The number of nitrogens with zero attached hydrogens (tertiary/aromatic N) is 1. The molecule has 4 fully saturated rings. The van der Waals surface area contributed by atoms with Crippen LogP contribution in [0.25, 0.3) is 0 Å². The Labute approximate surface area is 101 Å². The van der Waals surface area contributed by atoms with Crippen LogP contribution in [0, 0.1) is 29.1 Å². The fourth-order valence-corrected chi connectivity index (χ4v) is 4.90. The van der Waals surface area contributed by atoms with Crippen molar-refractivity contribution in [3.8, 4) is 6.07 Å². The van der Waals surface area contributed by atoms with Crippen LogP contribution in [-0.2, 0) is 4.79 Å². The summed E-state index contributed by atoms with van der Waals surface area (Å²) in [5, 5.41) is 23.0. The molecule has 0 aromatic carbocycles. The third-order valence-electron chi connectivity index (χ3n) is 4.90. The van der Waals surface area contributed by atoms with Crippen LogP contribution >= 0.6 is 0 Å². The molecule has 0 aromatic rings. The van der Waals surface area contributed by atoms with E-state index >= 15 is 0 Å². The molecule has 0 radical (unpaired) electrons. The monoisotopic (exact) mass is 234 g/mol. The molecule has 4 rings (SSSR count). The highest BCUT2D eigenvalue weighted by molar-refractivity contribution is 5.74. The number of aliphatic hydroxyl groups is 1. The topological polar surface area (TPSA) is 73.1 Å². The second-order valence-corrected chi connectivity index (χ2v) is 6.29. The summed E-state index contributed by atoms with van der Waals surface area (Å²) in [4.78, 5) is 11.4. The van der Waals surface area contributed by atoms with E-state index in [-0.39, 0.29) is 5.91 Å². The normalized spacial score (nSPS) is 51.0. The molecule has 17 heavy (non-hydrogen) atoms. The lowest BCUT2D eigenvalue weighted by atomic mass is 9.46. The van der Waals surface area contributed by atoms with Crippen molar-refractivity contribution in [3.05, 3.63) is 0 Å². The number of carbonyl (C=O) groups is 1. The predicted molar refractivity (Wildman–Crippen MR) is 60.7 cm³/mol. The van der Waals surface area contributed by atoms with Crippen LogP contribution in [0.2, 0.25) is 0 Å². The van der Waals surface area contributed by atoms with Gasteiger partial charge in [-0.3, -0.25) is 4.79 Å². The summed E-state index contributed by atoms with van der Waals surface area (Å²) < 4.78 is 0. The third-order valence-corrected chi connectivity index (χ3v) is 4.90. The second-order valence-electron chi connectivity index (χ2n) is 6.29. The molecular formula is C13H18N2O2. The second kappa shape index (κ2) is 3.23. The quantitative estimate of drug-likeness (QED) is 0.709. The van der Waals surface area contributed by atoms with Gasteiger partial charge in [-0.25, -0.2) is 0 Å². The maximum absolute atomic E-state index is 11.4. The molecule has 4 saturated carbocycles. The summed E-state index contributed by atoms with van der Waals surface area (Å²) in [6.45, 7) is 1.50. The van der Waals surface area contributed by atoms with Crippen LogP contribution < -0.4 is 5.32 Å². The Bertz CT molecular complexity index is 398. The van der Waals surface area contributed by atoms with Gasteiger partial charge in [0.2, 0.25) is 5.91 Å². The lowest BCUT2D eigenvalue weighted by molar-refractivity contribution is -0.174. The van der Waals surface area contributed by atoms with E-state index in [1.54, 1.807) is 0 Å². The van der Waals surface area contributed by atoms with Gasteiger partial charge in [0.15, 0.2) is 0 Å². The zero-order chi connectivity index (χ0) is 12.3. The van der Waals surface area contributed by atoms with E-state index in [0.29, 0.717) is 11.8 Å². The molecule has 4 heteroatoms. The highest BCUT2D eigenvalue weighted by Crippen LogP contribution is 2.60. The molecule has 0 heterocycles. The first kappa shape index (κ1) is 11.0. The molecule has 92 valence electrons. The third kappa shape index (κ3) is 1.42. The Morgan fingerprint density at radius 2 is 1.94 bits per heavy atom. The van der Waals surface area contributed by atoms with E-state index in [4.69, 9.17) is 0 Å². The molecule has 0 aromatic heterocycles. The van der Waals surface area contributed by atoms with Gasteiger partial charge in [0.05, 0.1) is 23.1 Å². The molecule has 0 saturated heterocycles. The highest BCUT2D eigenvalue weighted by Gasteiger charge is 2.64. The van der Waals surface area contributed by atoms with Crippen molar-refractivity contribution in [2.75, 3.05) is 0 Å². The maximum atomic E-state index is 11.4. The van der Waals surface area contributed by atoms with Crippen LogP contribution in [0.5, 0.6) is 0 Å². The Morgan fingerprint density at radius 1 is 1.35 bits per heavy atom. The van der Waals surface area contributed by atoms with E-state index in [1.807, 2.05) is 0 Å². The van der Waals surface area contributed by atoms with Crippen molar-refractivity contribution >= 4 is 5.91 Å². The van der Waals surface area contributed by atoms with Gasteiger partial charge in [0, 0.05) is 6.92 Å². The molecule has 2 N–H and O–H groups in total. The number of rotatable bonds is 1. The molecular weight excluding hydrogens is 216 g/mol. The van der Waals surface area contributed by atoms with Gasteiger partial charge in [-0.05, 0) is 43.9 Å². The van der Waals surface area contributed by atoms with Crippen LogP contribution in [0.15, 0.2) is 0 Å². The highest BCUT2D eigenvalue weighted by atomic mass is 16.3. The van der Waals surface area contributed by atoms with E-state index in [1.165, 1.54) is 6.92 Å². The Kier molecular flexibility index (Phi) is 2.10. The van der Waals surface area contributed by atoms with Gasteiger partial charge in [0.1, 0.15) is 0 Å². The van der Waals surface area contributed by atoms with E-state index in [2.05, 4.69) is 11.4 Å². The molecule has 4 bridgehead atoms. The predicted octanol–water partition coefficient (Wildman–Crippen LogP) is 0.956. The number of carbonyl (C=O) groups excluding carboxylic acids is 1. The number of nitriles is 1. The first-order valence-electron chi connectivity index (χ1n) is 6.38. The van der Waals surface area contributed by atoms with E-state index < -0.39 is 17.1 Å². The Hall–Kier alpha value is -1.08. The standard InChI is InChI=1S/C13H18N2O2/c1-8(16)15-12-3-9-2-10(4-12)6-13(17,5-9)11(12)7-14/h9-11,17H,2-6H2,1H3,(H,15,16). The van der Waals surface area contributed by atoms with Crippen LogP contribution in [-0.4, -0.2) is 22.2 Å². The zero-order valence-electron chi connectivity index (χ0n) is 10.1. The fraction of sp³-hybridized carbons (Fsp3) is 0.846. The molecule has 0 aliphatic heterocycles. The Balaban J connectivity index is 2.02. The summed E-state index contributed by atoms with van der Waals surface area (Å²) in [6, 6.07) is 2.27. The minimum atomic E-state index is -0.860. The first-order valence-corrected chi connectivity index (χ1v) is 6.38. The molecule has 0 spiro atoms. The van der Waals surface area contributed by atoms with Gasteiger partial charge in [-0.2, -0.15) is 5.26 Å². The fourth-order valence-electron chi connectivity index (χ4n) is 4.90. The molecule has 4 aliphatic carbocycles.